The largest absolute Gasteiger partial charge is 0.442 e. The number of nitrogens with zero attached hydrogens (tertiary/aromatic N) is 2. The van der Waals surface area contributed by atoms with Gasteiger partial charge in [-0.2, -0.15) is 0 Å². The van der Waals surface area contributed by atoms with Crippen molar-refractivity contribution < 1.29 is 9.53 Å². The Morgan fingerprint density at radius 1 is 0.604 bits per heavy atom. The summed E-state index contributed by atoms with van der Waals surface area (Å²) in [7, 11) is 8.08. The van der Waals surface area contributed by atoms with Crippen molar-refractivity contribution in [1.29, 1.82) is 0 Å². The van der Waals surface area contributed by atoms with Crippen LogP contribution in [0.4, 0.5) is 11.4 Å². The van der Waals surface area contributed by atoms with Crippen LogP contribution in [0.25, 0.3) is 11.1 Å². The van der Waals surface area contributed by atoms with E-state index in [9.17, 15) is 4.79 Å². The number of ether oxygens (including phenoxy) is 1. The van der Waals surface area contributed by atoms with E-state index < -0.39 is 11.6 Å². The molecular formula is C40H32Br3ClN2O2. The maximum absolute atomic E-state index is 14.0. The number of carbonyl (C=O) groups excluding carboxylic acids is 1. The molecule has 6 rings (SSSR count). The van der Waals surface area contributed by atoms with Gasteiger partial charge in [0.05, 0.1) is 19.5 Å². The summed E-state index contributed by atoms with van der Waals surface area (Å²) in [6.45, 7) is 0. The summed E-state index contributed by atoms with van der Waals surface area (Å²) in [5.74, 6) is -0.481. The van der Waals surface area contributed by atoms with E-state index in [1.807, 2.05) is 64.6 Å². The summed E-state index contributed by atoms with van der Waals surface area (Å²) >= 11 is 17.9. The van der Waals surface area contributed by atoms with Crippen molar-refractivity contribution in [3.63, 3.8) is 0 Å². The average Bonchev–Trinajstić information content (AvgIpc) is 3.39. The smallest absolute Gasteiger partial charge is 0.341 e. The minimum Gasteiger partial charge on any atom is -0.442 e. The van der Waals surface area contributed by atoms with Gasteiger partial charge in [-0.1, -0.05) is 96.5 Å². The molecule has 0 bridgehead atoms. The monoisotopic (exact) mass is 844 g/mol. The van der Waals surface area contributed by atoms with Gasteiger partial charge in [-0.05, 0) is 118 Å². The molecule has 0 radical (unpaired) electrons. The molecule has 242 valence electrons. The predicted molar refractivity (Wildman–Crippen MR) is 210 cm³/mol. The topological polar surface area (TPSA) is 32.8 Å². The molecule has 4 nitrogen and oxygen atoms in total. The van der Waals surface area contributed by atoms with Crippen LogP contribution >= 0.6 is 59.4 Å². The minimum atomic E-state index is -1.36. The second-order valence-electron chi connectivity index (χ2n) is 11.9. The van der Waals surface area contributed by atoms with Gasteiger partial charge in [0.25, 0.3) is 0 Å². The fraction of sp³-hybridized carbons (Fsp3) is 0.125. The molecule has 5 aromatic rings. The normalized spacial score (nSPS) is 16.0. The SMILES string of the molecule is CN(C)c1ccc(C(=CC2(C=C(c3ccccc3)c3ccc(N(C)C)cc3)OC(=O)c3c(Br)c(Cl)c(Br)c(Br)c32)c2ccccc2)cc1. The van der Waals surface area contributed by atoms with Crippen molar-refractivity contribution in [3.05, 3.63) is 173 Å². The lowest BCUT2D eigenvalue weighted by atomic mass is 9.83. The number of rotatable bonds is 8. The van der Waals surface area contributed by atoms with Gasteiger partial charge in [0.15, 0.2) is 5.60 Å². The van der Waals surface area contributed by atoms with Crippen molar-refractivity contribution >= 4 is 87.9 Å². The van der Waals surface area contributed by atoms with Crippen LogP contribution in [0.1, 0.15) is 38.2 Å². The number of carbonyl (C=O) groups is 1. The molecule has 0 fully saturated rings. The lowest BCUT2D eigenvalue weighted by Gasteiger charge is -2.27. The Kier molecular flexibility index (Phi) is 10.0. The highest BCUT2D eigenvalue weighted by atomic mass is 79.9. The van der Waals surface area contributed by atoms with Crippen molar-refractivity contribution in [2.45, 2.75) is 5.60 Å². The molecule has 0 unspecified atom stereocenters. The highest BCUT2D eigenvalue weighted by Crippen LogP contribution is 2.53. The summed E-state index contributed by atoms with van der Waals surface area (Å²) in [6.07, 6.45) is 4.12. The second-order valence-corrected chi connectivity index (χ2v) is 14.7. The van der Waals surface area contributed by atoms with Crippen molar-refractivity contribution in [2.75, 3.05) is 38.0 Å². The first-order valence-corrected chi connectivity index (χ1v) is 18.0. The van der Waals surface area contributed by atoms with Gasteiger partial charge in [0, 0.05) is 49.6 Å². The number of benzene rings is 5. The van der Waals surface area contributed by atoms with E-state index in [-0.39, 0.29) is 0 Å². The number of hydrogen-bond acceptors (Lipinski definition) is 4. The molecule has 1 heterocycles. The zero-order chi connectivity index (χ0) is 34.2. The zero-order valence-corrected chi connectivity index (χ0v) is 32.3. The molecule has 0 aromatic heterocycles. The standard InChI is InChI=1S/C40H32Br3ClN2O2/c1-45(2)29-19-15-27(16-20-29)31(25-11-7-5-8-12-25)23-40(34-33(39(47)48-40)35(41)38(44)37(43)36(34)42)24-32(26-13-9-6-10-14-26)28-17-21-30(22-18-28)46(3)4/h5-24H,1-4H3. The molecule has 5 aromatic carbocycles. The molecule has 1 aliphatic heterocycles. The molecule has 0 saturated heterocycles. The molecule has 0 saturated carbocycles. The first-order valence-electron chi connectivity index (χ1n) is 15.2. The lowest BCUT2D eigenvalue weighted by molar-refractivity contribution is 0.0298. The second kappa shape index (κ2) is 14.1. The van der Waals surface area contributed by atoms with Crippen LogP contribution in [-0.2, 0) is 10.3 Å². The van der Waals surface area contributed by atoms with E-state index >= 15 is 0 Å². The zero-order valence-electron chi connectivity index (χ0n) is 26.8. The van der Waals surface area contributed by atoms with Crippen LogP contribution in [0.3, 0.4) is 0 Å². The Morgan fingerprint density at radius 3 is 1.40 bits per heavy atom. The lowest BCUT2D eigenvalue weighted by Crippen LogP contribution is -2.23. The van der Waals surface area contributed by atoms with E-state index in [1.54, 1.807) is 0 Å². The minimum absolute atomic E-state index is 0.369. The fourth-order valence-electron chi connectivity index (χ4n) is 5.90. The van der Waals surface area contributed by atoms with Crippen LogP contribution in [0, 0.1) is 0 Å². The molecule has 0 atom stereocenters. The first-order chi connectivity index (χ1) is 23.0. The highest BCUT2D eigenvalue weighted by Gasteiger charge is 2.48. The van der Waals surface area contributed by atoms with Gasteiger partial charge in [-0.3, -0.25) is 0 Å². The molecule has 0 aliphatic carbocycles. The van der Waals surface area contributed by atoms with Crippen molar-refractivity contribution in [1.82, 2.24) is 0 Å². The third-order valence-electron chi connectivity index (χ3n) is 8.40. The van der Waals surface area contributed by atoms with Gasteiger partial charge in [-0.25, -0.2) is 4.79 Å². The van der Waals surface area contributed by atoms with E-state index in [2.05, 4.69) is 143 Å². The van der Waals surface area contributed by atoms with Crippen LogP contribution in [-0.4, -0.2) is 34.2 Å². The number of esters is 1. The quantitative estimate of drug-likeness (QED) is 0.0885. The number of hydrogen-bond donors (Lipinski definition) is 0. The van der Waals surface area contributed by atoms with Gasteiger partial charge >= 0.3 is 5.97 Å². The highest BCUT2D eigenvalue weighted by molar-refractivity contribution is 9.13. The summed E-state index contributed by atoms with van der Waals surface area (Å²) < 4.78 is 8.34. The van der Waals surface area contributed by atoms with Gasteiger partial charge in [0.2, 0.25) is 0 Å². The van der Waals surface area contributed by atoms with Gasteiger partial charge in [0.1, 0.15) is 0 Å². The van der Waals surface area contributed by atoms with Crippen LogP contribution in [0.5, 0.6) is 0 Å². The van der Waals surface area contributed by atoms with E-state index in [0.717, 1.165) is 44.8 Å². The summed E-state index contributed by atoms with van der Waals surface area (Å²) in [6, 6.07) is 37.1. The molecular weight excluding hydrogens is 816 g/mol. The molecule has 0 N–H and O–H groups in total. The molecule has 8 heteroatoms. The maximum Gasteiger partial charge on any atom is 0.341 e. The van der Waals surface area contributed by atoms with Gasteiger partial charge in [-0.15, -0.1) is 0 Å². The molecule has 48 heavy (non-hydrogen) atoms. The van der Waals surface area contributed by atoms with E-state index in [1.165, 1.54) is 0 Å². The number of anilines is 2. The van der Waals surface area contributed by atoms with E-state index in [4.69, 9.17) is 16.3 Å². The first kappa shape index (κ1) is 34.3. The summed E-state index contributed by atoms with van der Waals surface area (Å²) in [5, 5.41) is 0.381. The molecule has 0 amide bonds. The number of fused-ring (bicyclic) bond motifs is 1. The number of cyclic esters (lactones) is 1. The van der Waals surface area contributed by atoms with Crippen LogP contribution in [0.15, 0.2) is 135 Å². The number of halogens is 4. The summed E-state index contributed by atoms with van der Waals surface area (Å²) in [4.78, 5) is 18.2. The molecule has 0 spiro atoms. The molecule has 1 aliphatic rings. The Hall–Kier alpha value is -3.62. The van der Waals surface area contributed by atoms with Crippen molar-refractivity contribution in [3.8, 4) is 0 Å². The average molecular weight is 848 g/mol. The van der Waals surface area contributed by atoms with Gasteiger partial charge < -0.3 is 14.5 Å². The summed E-state index contributed by atoms with van der Waals surface area (Å²) in [5.41, 5.74) is 7.53. The van der Waals surface area contributed by atoms with Crippen LogP contribution in [0.2, 0.25) is 5.02 Å². The third-order valence-corrected chi connectivity index (χ3v) is 12.1. The Balaban J connectivity index is 1.73. The van der Waals surface area contributed by atoms with Crippen molar-refractivity contribution in [2.24, 2.45) is 0 Å². The maximum atomic E-state index is 14.0. The third kappa shape index (κ3) is 6.53. The Bertz CT molecular complexity index is 1940. The van der Waals surface area contributed by atoms with E-state index in [0.29, 0.717) is 29.6 Å². The fourth-order valence-corrected chi connectivity index (χ4v) is 8.13. The Labute approximate surface area is 312 Å². The van der Waals surface area contributed by atoms with Crippen LogP contribution < -0.4 is 9.80 Å². The predicted octanol–water partition coefficient (Wildman–Crippen LogP) is 11.4. The Morgan fingerprint density at radius 2 is 1.00 bits per heavy atom.